The molecule has 0 saturated heterocycles. The topological polar surface area (TPSA) is 89.9 Å². The van der Waals surface area contributed by atoms with Gasteiger partial charge in [0.05, 0.1) is 5.92 Å². The molecule has 2 amide bonds. The monoisotopic (exact) mass is 272 g/mol. The van der Waals surface area contributed by atoms with Crippen LogP contribution in [0.25, 0.3) is 0 Å². The van der Waals surface area contributed by atoms with E-state index in [4.69, 9.17) is 10.2 Å². The number of carbonyl (C=O) groups excluding carboxylic acids is 1. The number of hydrogen-bond donors (Lipinski definition) is 3. The second-order valence-corrected chi connectivity index (χ2v) is 4.98. The number of aliphatic hydroxyl groups excluding tert-OH is 1. The van der Waals surface area contributed by atoms with E-state index in [-0.39, 0.29) is 25.2 Å². The van der Waals surface area contributed by atoms with Crippen molar-refractivity contribution in [3.8, 4) is 0 Å². The van der Waals surface area contributed by atoms with Gasteiger partial charge >= 0.3 is 12.0 Å². The van der Waals surface area contributed by atoms with Crippen molar-refractivity contribution in [2.24, 2.45) is 5.92 Å². The molecule has 110 valence electrons. The van der Waals surface area contributed by atoms with E-state index in [9.17, 15) is 9.59 Å². The lowest BCUT2D eigenvalue weighted by Gasteiger charge is -2.37. The molecule has 1 atom stereocenters. The van der Waals surface area contributed by atoms with Crippen LogP contribution in [0.15, 0.2) is 0 Å². The standard InChI is InChI=1S/C13H24N2O4/c1-2-10(12(17)18)9-14-13(19)15(7-4-8-16)11-5-3-6-11/h10-11,16H,2-9H2,1H3,(H,14,19)(H,17,18). The average molecular weight is 272 g/mol. The quantitative estimate of drug-likeness (QED) is 0.616. The normalized spacial score (nSPS) is 16.5. The highest BCUT2D eigenvalue weighted by molar-refractivity contribution is 5.76. The Bertz CT molecular complexity index is 305. The Labute approximate surface area is 113 Å². The van der Waals surface area contributed by atoms with Crippen LogP contribution in [0, 0.1) is 5.92 Å². The van der Waals surface area contributed by atoms with E-state index in [1.54, 1.807) is 11.8 Å². The number of amides is 2. The molecule has 1 fully saturated rings. The maximum absolute atomic E-state index is 12.1. The number of aliphatic hydroxyl groups is 1. The lowest BCUT2D eigenvalue weighted by molar-refractivity contribution is -0.141. The van der Waals surface area contributed by atoms with Crippen LogP contribution >= 0.6 is 0 Å². The first-order valence-corrected chi connectivity index (χ1v) is 6.98. The van der Waals surface area contributed by atoms with Crippen LogP contribution in [0.3, 0.4) is 0 Å². The molecule has 0 aromatic heterocycles. The fourth-order valence-electron chi connectivity index (χ4n) is 2.11. The van der Waals surface area contributed by atoms with Gasteiger partial charge in [-0.1, -0.05) is 6.92 Å². The van der Waals surface area contributed by atoms with Crippen LogP contribution in [0.2, 0.25) is 0 Å². The second-order valence-electron chi connectivity index (χ2n) is 4.98. The Morgan fingerprint density at radius 1 is 1.42 bits per heavy atom. The number of nitrogens with one attached hydrogen (secondary N) is 1. The van der Waals surface area contributed by atoms with E-state index in [0.29, 0.717) is 19.4 Å². The van der Waals surface area contributed by atoms with E-state index < -0.39 is 11.9 Å². The number of urea groups is 1. The minimum absolute atomic E-state index is 0.0587. The largest absolute Gasteiger partial charge is 0.481 e. The third kappa shape index (κ3) is 4.70. The second kappa shape index (κ2) is 7.99. The predicted octanol–water partition coefficient (Wildman–Crippen LogP) is 1.04. The van der Waals surface area contributed by atoms with Crippen LogP contribution in [-0.4, -0.2) is 52.9 Å². The molecule has 6 heteroatoms. The number of rotatable bonds is 8. The molecule has 0 aromatic carbocycles. The summed E-state index contributed by atoms with van der Waals surface area (Å²) in [5, 5.41) is 20.5. The van der Waals surface area contributed by atoms with Gasteiger partial charge in [0.1, 0.15) is 0 Å². The molecule has 1 unspecified atom stereocenters. The van der Waals surface area contributed by atoms with Crippen LogP contribution in [0.5, 0.6) is 0 Å². The molecular weight excluding hydrogens is 248 g/mol. The fourth-order valence-corrected chi connectivity index (χ4v) is 2.11. The summed E-state index contributed by atoms with van der Waals surface area (Å²) in [5.41, 5.74) is 0. The van der Waals surface area contributed by atoms with Crippen LogP contribution in [0.4, 0.5) is 4.79 Å². The smallest absolute Gasteiger partial charge is 0.317 e. The first-order valence-electron chi connectivity index (χ1n) is 6.98. The molecule has 1 aliphatic carbocycles. The first-order chi connectivity index (χ1) is 9.10. The summed E-state index contributed by atoms with van der Waals surface area (Å²) in [5.74, 6) is -1.42. The van der Waals surface area contributed by atoms with Crippen LogP contribution < -0.4 is 5.32 Å². The van der Waals surface area contributed by atoms with Crippen molar-refractivity contribution in [3.63, 3.8) is 0 Å². The van der Waals surface area contributed by atoms with E-state index in [1.807, 2.05) is 0 Å². The average Bonchev–Trinajstić information content (AvgIpc) is 2.31. The van der Waals surface area contributed by atoms with Crippen molar-refractivity contribution < 1.29 is 19.8 Å². The van der Waals surface area contributed by atoms with Crippen molar-refractivity contribution in [2.45, 2.75) is 45.1 Å². The van der Waals surface area contributed by atoms with Gasteiger partial charge in [-0.25, -0.2) is 4.79 Å². The number of carbonyl (C=O) groups is 2. The Hall–Kier alpha value is -1.30. The third-order valence-corrected chi connectivity index (χ3v) is 3.68. The molecular formula is C13H24N2O4. The third-order valence-electron chi connectivity index (χ3n) is 3.68. The maximum Gasteiger partial charge on any atom is 0.317 e. The van der Waals surface area contributed by atoms with Gasteiger partial charge in [0.15, 0.2) is 0 Å². The molecule has 0 radical (unpaired) electrons. The lowest BCUT2D eigenvalue weighted by atomic mass is 9.91. The van der Waals surface area contributed by atoms with Crippen LogP contribution in [0.1, 0.15) is 39.0 Å². The van der Waals surface area contributed by atoms with Crippen molar-refractivity contribution >= 4 is 12.0 Å². The van der Waals surface area contributed by atoms with Crippen molar-refractivity contribution in [2.75, 3.05) is 19.7 Å². The molecule has 0 spiro atoms. The minimum atomic E-state index is -0.881. The molecule has 1 aliphatic rings. The minimum Gasteiger partial charge on any atom is -0.481 e. The van der Waals surface area contributed by atoms with E-state index in [1.165, 1.54) is 0 Å². The number of aliphatic carboxylic acids is 1. The van der Waals surface area contributed by atoms with E-state index in [2.05, 4.69) is 5.32 Å². The summed E-state index contributed by atoms with van der Waals surface area (Å²) < 4.78 is 0. The number of carboxylic acid groups (broad SMARTS) is 1. The Morgan fingerprint density at radius 3 is 2.53 bits per heavy atom. The van der Waals surface area contributed by atoms with E-state index >= 15 is 0 Å². The van der Waals surface area contributed by atoms with Gasteiger partial charge in [0.25, 0.3) is 0 Å². The molecule has 0 bridgehead atoms. The highest BCUT2D eigenvalue weighted by Crippen LogP contribution is 2.24. The molecule has 1 saturated carbocycles. The van der Waals surface area contributed by atoms with Crippen LogP contribution in [-0.2, 0) is 4.79 Å². The molecule has 0 aromatic rings. The molecule has 3 N–H and O–H groups in total. The summed E-state index contributed by atoms with van der Waals surface area (Å²) in [7, 11) is 0. The molecule has 6 nitrogen and oxygen atoms in total. The van der Waals surface area contributed by atoms with Crippen molar-refractivity contribution in [3.05, 3.63) is 0 Å². The zero-order chi connectivity index (χ0) is 14.3. The van der Waals surface area contributed by atoms with Gasteiger partial charge in [0.2, 0.25) is 0 Å². The summed E-state index contributed by atoms with van der Waals surface area (Å²) in [6.45, 7) is 2.54. The summed E-state index contributed by atoms with van der Waals surface area (Å²) >= 11 is 0. The summed E-state index contributed by atoms with van der Waals surface area (Å²) in [6, 6.07) is 0.0364. The van der Waals surface area contributed by atoms with E-state index in [0.717, 1.165) is 19.3 Å². The van der Waals surface area contributed by atoms with Gasteiger partial charge in [0, 0.05) is 25.7 Å². The lowest BCUT2D eigenvalue weighted by Crippen LogP contribution is -2.50. The number of hydrogen-bond acceptors (Lipinski definition) is 3. The first kappa shape index (κ1) is 15.8. The Kier molecular flexibility index (Phi) is 6.62. The zero-order valence-electron chi connectivity index (χ0n) is 11.5. The highest BCUT2D eigenvalue weighted by atomic mass is 16.4. The van der Waals surface area contributed by atoms with Gasteiger partial charge in [-0.2, -0.15) is 0 Å². The summed E-state index contributed by atoms with van der Waals surface area (Å²) in [6.07, 6.45) is 4.17. The summed E-state index contributed by atoms with van der Waals surface area (Å²) in [4.78, 5) is 24.7. The number of nitrogens with zero attached hydrogens (tertiary/aromatic N) is 1. The molecule has 1 rings (SSSR count). The Morgan fingerprint density at radius 2 is 2.11 bits per heavy atom. The molecule has 0 aliphatic heterocycles. The van der Waals surface area contributed by atoms with Gasteiger partial charge in [-0.15, -0.1) is 0 Å². The Balaban J connectivity index is 2.44. The zero-order valence-corrected chi connectivity index (χ0v) is 11.5. The van der Waals surface area contributed by atoms with Gasteiger partial charge in [-0.05, 0) is 32.1 Å². The number of carboxylic acids is 1. The fraction of sp³-hybridized carbons (Fsp3) is 0.846. The van der Waals surface area contributed by atoms with Gasteiger partial charge < -0.3 is 20.4 Å². The maximum atomic E-state index is 12.1. The molecule has 19 heavy (non-hydrogen) atoms. The predicted molar refractivity (Wildman–Crippen MR) is 70.9 cm³/mol. The molecule has 0 heterocycles. The van der Waals surface area contributed by atoms with Crippen molar-refractivity contribution in [1.82, 2.24) is 10.2 Å². The SMILES string of the molecule is CCC(CNC(=O)N(CCCO)C1CCC1)C(=O)O. The highest BCUT2D eigenvalue weighted by Gasteiger charge is 2.28. The van der Waals surface area contributed by atoms with Gasteiger partial charge in [-0.3, -0.25) is 4.79 Å². The van der Waals surface area contributed by atoms with Crippen molar-refractivity contribution in [1.29, 1.82) is 0 Å².